The van der Waals surface area contributed by atoms with Crippen LogP contribution in [0.5, 0.6) is 0 Å². The highest BCUT2D eigenvalue weighted by atomic mass is 19.1. The molecule has 0 heterocycles. The first-order chi connectivity index (χ1) is 6.39. The van der Waals surface area contributed by atoms with Crippen LogP contribution in [0, 0.1) is 0 Å². The summed E-state index contributed by atoms with van der Waals surface area (Å²) in [7, 11) is 0. The fourth-order valence-electron chi connectivity index (χ4n) is 1.46. The number of allylic oxidation sites excluding steroid dienone is 2. The SMILES string of the molecule is C=CCC(F)(CCC(C)=O)CC(=C)C. The van der Waals surface area contributed by atoms with Crippen molar-refractivity contribution >= 4 is 5.78 Å². The van der Waals surface area contributed by atoms with Crippen molar-refractivity contribution in [2.24, 2.45) is 0 Å². The Morgan fingerprint density at radius 3 is 2.43 bits per heavy atom. The molecule has 0 radical (unpaired) electrons. The molecule has 0 amide bonds. The summed E-state index contributed by atoms with van der Waals surface area (Å²) >= 11 is 0. The van der Waals surface area contributed by atoms with Crippen LogP contribution >= 0.6 is 0 Å². The number of Topliss-reactive ketones (excluding diaryl/α,β-unsaturated/α-hetero) is 1. The predicted molar refractivity (Wildman–Crippen MR) is 58.0 cm³/mol. The molecule has 1 nitrogen and oxygen atoms in total. The Morgan fingerprint density at radius 2 is 2.07 bits per heavy atom. The van der Waals surface area contributed by atoms with Crippen LogP contribution in [0.15, 0.2) is 24.8 Å². The molecule has 1 atom stereocenters. The molecule has 80 valence electrons. The second-order valence-electron chi connectivity index (χ2n) is 3.98. The first-order valence-electron chi connectivity index (χ1n) is 4.83. The molecule has 0 rings (SSSR count). The molecule has 0 aromatic rings. The zero-order valence-electron chi connectivity index (χ0n) is 9.11. The minimum atomic E-state index is -1.33. The standard InChI is InChI=1S/C12H19FO/c1-5-7-12(13,9-10(2)3)8-6-11(4)14/h5H,1-2,6-9H2,3-4H3. The van der Waals surface area contributed by atoms with E-state index in [0.717, 1.165) is 5.57 Å². The van der Waals surface area contributed by atoms with Gasteiger partial charge in [0.25, 0.3) is 0 Å². The third kappa shape index (κ3) is 5.68. The molecule has 0 aromatic heterocycles. The summed E-state index contributed by atoms with van der Waals surface area (Å²) in [5.74, 6) is 0.0257. The molecule has 1 unspecified atom stereocenters. The molecule has 0 N–H and O–H groups in total. The number of alkyl halides is 1. The summed E-state index contributed by atoms with van der Waals surface area (Å²) in [5.41, 5.74) is -0.530. The van der Waals surface area contributed by atoms with Gasteiger partial charge in [0.05, 0.1) is 0 Å². The molecular weight excluding hydrogens is 179 g/mol. The summed E-state index contributed by atoms with van der Waals surface area (Å²) in [6.07, 6.45) is 2.71. The third-order valence-electron chi connectivity index (χ3n) is 2.05. The van der Waals surface area contributed by atoms with Crippen LogP contribution in [-0.4, -0.2) is 11.5 Å². The van der Waals surface area contributed by atoms with Gasteiger partial charge >= 0.3 is 0 Å². The molecule has 0 fully saturated rings. The maximum atomic E-state index is 14.1. The highest BCUT2D eigenvalue weighted by Gasteiger charge is 2.28. The lowest BCUT2D eigenvalue weighted by Crippen LogP contribution is -2.23. The van der Waals surface area contributed by atoms with Crippen molar-refractivity contribution in [1.82, 2.24) is 0 Å². The average molecular weight is 198 g/mol. The van der Waals surface area contributed by atoms with Gasteiger partial charge < -0.3 is 4.79 Å². The predicted octanol–water partition coefficient (Wildman–Crippen LogP) is 3.61. The molecule has 0 spiro atoms. The average Bonchev–Trinajstić information content (AvgIpc) is 2.00. The summed E-state index contributed by atoms with van der Waals surface area (Å²) < 4.78 is 14.1. The largest absolute Gasteiger partial charge is 0.300 e. The minimum Gasteiger partial charge on any atom is -0.300 e. The lowest BCUT2D eigenvalue weighted by molar-refractivity contribution is -0.117. The van der Waals surface area contributed by atoms with Gasteiger partial charge in [0.1, 0.15) is 11.5 Å². The van der Waals surface area contributed by atoms with Crippen LogP contribution in [0.25, 0.3) is 0 Å². The number of carbonyl (C=O) groups excluding carboxylic acids is 1. The number of hydrogen-bond acceptors (Lipinski definition) is 1. The van der Waals surface area contributed by atoms with E-state index in [0.29, 0.717) is 6.42 Å². The van der Waals surface area contributed by atoms with Gasteiger partial charge in [-0.1, -0.05) is 11.6 Å². The van der Waals surface area contributed by atoms with Gasteiger partial charge in [-0.25, -0.2) is 4.39 Å². The third-order valence-corrected chi connectivity index (χ3v) is 2.05. The van der Waals surface area contributed by atoms with E-state index in [4.69, 9.17) is 0 Å². The molecule has 0 saturated carbocycles. The van der Waals surface area contributed by atoms with Crippen molar-refractivity contribution in [2.45, 2.75) is 45.2 Å². The van der Waals surface area contributed by atoms with E-state index < -0.39 is 5.67 Å². The maximum absolute atomic E-state index is 14.1. The van der Waals surface area contributed by atoms with E-state index in [1.54, 1.807) is 13.0 Å². The summed E-state index contributed by atoms with van der Waals surface area (Å²) in [4.78, 5) is 10.8. The van der Waals surface area contributed by atoms with Gasteiger partial charge in [0, 0.05) is 12.8 Å². The zero-order valence-corrected chi connectivity index (χ0v) is 9.11. The first-order valence-corrected chi connectivity index (χ1v) is 4.83. The highest BCUT2D eigenvalue weighted by molar-refractivity contribution is 5.75. The second kappa shape index (κ2) is 5.74. The first kappa shape index (κ1) is 13.1. The van der Waals surface area contributed by atoms with E-state index in [9.17, 15) is 9.18 Å². The number of carbonyl (C=O) groups is 1. The Hall–Kier alpha value is -0.920. The molecule has 0 bridgehead atoms. The Kier molecular flexibility index (Phi) is 5.36. The van der Waals surface area contributed by atoms with E-state index in [2.05, 4.69) is 13.2 Å². The highest BCUT2D eigenvalue weighted by Crippen LogP contribution is 2.30. The van der Waals surface area contributed by atoms with Gasteiger partial charge in [-0.15, -0.1) is 13.2 Å². The Balaban J connectivity index is 4.29. The Morgan fingerprint density at radius 1 is 1.50 bits per heavy atom. The molecule has 0 saturated heterocycles. The molecular formula is C12H19FO. The van der Waals surface area contributed by atoms with Crippen molar-refractivity contribution in [2.75, 3.05) is 0 Å². The van der Waals surface area contributed by atoms with Gasteiger partial charge in [-0.05, 0) is 26.7 Å². The van der Waals surface area contributed by atoms with Crippen molar-refractivity contribution in [3.05, 3.63) is 24.8 Å². The quantitative estimate of drug-likeness (QED) is 0.571. The number of hydrogen-bond donors (Lipinski definition) is 0. The second-order valence-corrected chi connectivity index (χ2v) is 3.98. The van der Waals surface area contributed by atoms with E-state index in [1.165, 1.54) is 6.92 Å². The van der Waals surface area contributed by atoms with Crippen LogP contribution in [0.3, 0.4) is 0 Å². The van der Waals surface area contributed by atoms with E-state index in [1.807, 2.05) is 0 Å². The van der Waals surface area contributed by atoms with Crippen LogP contribution < -0.4 is 0 Å². The smallest absolute Gasteiger partial charge is 0.129 e. The molecule has 0 aliphatic rings. The Bertz CT molecular complexity index is 232. The monoisotopic (exact) mass is 198 g/mol. The number of ketones is 1. The lowest BCUT2D eigenvalue weighted by Gasteiger charge is -2.23. The zero-order chi connectivity index (χ0) is 11.2. The number of halogens is 1. The minimum absolute atomic E-state index is 0.0257. The van der Waals surface area contributed by atoms with Crippen LogP contribution in [0.1, 0.15) is 39.5 Å². The summed E-state index contributed by atoms with van der Waals surface area (Å²) in [5, 5.41) is 0. The van der Waals surface area contributed by atoms with Gasteiger partial charge in [0.2, 0.25) is 0 Å². The molecule has 0 aliphatic carbocycles. The van der Waals surface area contributed by atoms with Crippen molar-refractivity contribution in [1.29, 1.82) is 0 Å². The van der Waals surface area contributed by atoms with Crippen molar-refractivity contribution in [3.8, 4) is 0 Å². The van der Waals surface area contributed by atoms with Gasteiger partial charge in [0.15, 0.2) is 0 Å². The van der Waals surface area contributed by atoms with E-state index in [-0.39, 0.29) is 25.0 Å². The summed E-state index contributed by atoms with van der Waals surface area (Å²) in [6, 6.07) is 0. The van der Waals surface area contributed by atoms with Crippen molar-refractivity contribution in [3.63, 3.8) is 0 Å². The molecule has 0 aliphatic heterocycles. The maximum Gasteiger partial charge on any atom is 0.129 e. The van der Waals surface area contributed by atoms with Crippen LogP contribution in [0.4, 0.5) is 4.39 Å². The van der Waals surface area contributed by atoms with E-state index >= 15 is 0 Å². The normalized spacial score (nSPS) is 14.5. The summed E-state index contributed by atoms with van der Waals surface area (Å²) in [6.45, 7) is 10.5. The van der Waals surface area contributed by atoms with Gasteiger partial charge in [-0.2, -0.15) is 0 Å². The molecule has 2 heteroatoms. The van der Waals surface area contributed by atoms with Crippen LogP contribution in [-0.2, 0) is 4.79 Å². The fourth-order valence-corrected chi connectivity index (χ4v) is 1.46. The fraction of sp³-hybridized carbons (Fsp3) is 0.583. The van der Waals surface area contributed by atoms with Crippen molar-refractivity contribution < 1.29 is 9.18 Å². The lowest BCUT2D eigenvalue weighted by atomic mass is 9.89. The number of rotatable bonds is 7. The molecule has 14 heavy (non-hydrogen) atoms. The molecule has 0 aromatic carbocycles. The Labute approximate surface area is 85.7 Å². The van der Waals surface area contributed by atoms with Crippen LogP contribution in [0.2, 0.25) is 0 Å². The topological polar surface area (TPSA) is 17.1 Å². The van der Waals surface area contributed by atoms with Gasteiger partial charge in [-0.3, -0.25) is 0 Å².